The van der Waals surface area contributed by atoms with Gasteiger partial charge in [0.15, 0.2) is 0 Å². The van der Waals surface area contributed by atoms with Crippen molar-refractivity contribution in [2.24, 2.45) is 17.3 Å². The van der Waals surface area contributed by atoms with Crippen LogP contribution in [0.3, 0.4) is 0 Å². The van der Waals surface area contributed by atoms with E-state index in [1.165, 1.54) is 18.4 Å². The van der Waals surface area contributed by atoms with Crippen LogP contribution < -0.4 is 5.32 Å². The van der Waals surface area contributed by atoms with Gasteiger partial charge in [-0.05, 0) is 38.0 Å². The highest BCUT2D eigenvalue weighted by Crippen LogP contribution is 2.59. The summed E-state index contributed by atoms with van der Waals surface area (Å²) in [5, 5.41) is 3.11. The first-order valence-electron chi connectivity index (χ1n) is 5.88. The van der Waals surface area contributed by atoms with Crippen molar-refractivity contribution in [1.82, 2.24) is 5.32 Å². The molecular formula is C13H21NO. The van der Waals surface area contributed by atoms with Gasteiger partial charge in [-0.3, -0.25) is 4.79 Å². The van der Waals surface area contributed by atoms with Gasteiger partial charge >= 0.3 is 0 Å². The summed E-state index contributed by atoms with van der Waals surface area (Å²) < 4.78 is 0. The molecule has 2 aliphatic rings. The average molecular weight is 207 g/mol. The highest BCUT2D eigenvalue weighted by molar-refractivity contribution is 5.84. The molecule has 0 bridgehead atoms. The van der Waals surface area contributed by atoms with Gasteiger partial charge in [-0.2, -0.15) is 0 Å². The Bertz CT molecular complexity index is 308. The minimum Gasteiger partial charge on any atom is -0.353 e. The van der Waals surface area contributed by atoms with E-state index in [1.807, 2.05) is 0 Å². The van der Waals surface area contributed by atoms with Crippen LogP contribution in [0.2, 0.25) is 0 Å². The highest BCUT2D eigenvalue weighted by atomic mass is 16.2. The van der Waals surface area contributed by atoms with E-state index in [1.54, 1.807) is 0 Å². The Labute approximate surface area is 92.1 Å². The SMILES string of the molecule is CC(C)=CC1C(C(=O)NC2CC2)C1(C)C. The molecule has 0 spiro atoms. The van der Waals surface area contributed by atoms with Crippen molar-refractivity contribution in [3.05, 3.63) is 11.6 Å². The number of nitrogens with one attached hydrogen (secondary N) is 1. The zero-order valence-corrected chi connectivity index (χ0v) is 10.1. The molecule has 2 nitrogen and oxygen atoms in total. The van der Waals surface area contributed by atoms with E-state index in [0.29, 0.717) is 12.0 Å². The Hall–Kier alpha value is -0.790. The standard InChI is InChI=1S/C13H21NO/c1-8(2)7-10-11(13(10,3)4)12(15)14-9-5-6-9/h7,9-11H,5-6H2,1-4H3,(H,14,15). The first-order valence-corrected chi connectivity index (χ1v) is 5.88. The maximum absolute atomic E-state index is 11.9. The molecule has 84 valence electrons. The molecule has 0 saturated heterocycles. The number of hydrogen-bond donors (Lipinski definition) is 1. The lowest BCUT2D eigenvalue weighted by Crippen LogP contribution is -2.28. The molecule has 0 aromatic rings. The third-order valence-electron chi connectivity index (χ3n) is 3.63. The largest absolute Gasteiger partial charge is 0.353 e. The molecule has 0 aliphatic heterocycles. The van der Waals surface area contributed by atoms with Gasteiger partial charge in [0.25, 0.3) is 0 Å². The zero-order valence-electron chi connectivity index (χ0n) is 10.1. The summed E-state index contributed by atoms with van der Waals surface area (Å²) in [5.74, 6) is 0.916. The second-order valence-corrected chi connectivity index (χ2v) is 5.85. The van der Waals surface area contributed by atoms with Crippen LogP contribution in [0.25, 0.3) is 0 Å². The van der Waals surface area contributed by atoms with Crippen LogP contribution in [0.15, 0.2) is 11.6 Å². The third kappa shape index (κ3) is 2.09. The lowest BCUT2D eigenvalue weighted by atomic mass is 10.1. The second kappa shape index (κ2) is 3.36. The molecule has 0 aromatic heterocycles. The third-order valence-corrected chi connectivity index (χ3v) is 3.63. The second-order valence-electron chi connectivity index (χ2n) is 5.85. The normalized spacial score (nSPS) is 32.0. The monoisotopic (exact) mass is 207 g/mol. The van der Waals surface area contributed by atoms with Gasteiger partial charge in [-0.1, -0.05) is 25.5 Å². The molecule has 2 heteroatoms. The van der Waals surface area contributed by atoms with Crippen molar-refractivity contribution < 1.29 is 4.79 Å². The first kappa shape index (κ1) is 10.7. The fraction of sp³-hybridized carbons (Fsp3) is 0.769. The van der Waals surface area contributed by atoms with Gasteiger partial charge in [0, 0.05) is 6.04 Å². The Balaban J connectivity index is 1.98. The molecule has 2 fully saturated rings. The molecule has 1 amide bonds. The average Bonchev–Trinajstić information content (AvgIpc) is 2.92. The van der Waals surface area contributed by atoms with Crippen LogP contribution in [0.4, 0.5) is 0 Å². The highest BCUT2D eigenvalue weighted by Gasteiger charge is 2.60. The molecule has 15 heavy (non-hydrogen) atoms. The molecular weight excluding hydrogens is 186 g/mol. The van der Waals surface area contributed by atoms with Gasteiger partial charge in [0.05, 0.1) is 5.92 Å². The summed E-state index contributed by atoms with van der Waals surface area (Å²) in [4.78, 5) is 11.9. The Morgan fingerprint density at radius 2 is 1.93 bits per heavy atom. The number of rotatable bonds is 3. The number of allylic oxidation sites excluding steroid dienone is 2. The lowest BCUT2D eigenvalue weighted by Gasteiger charge is -2.03. The van der Waals surface area contributed by atoms with Crippen molar-refractivity contribution in [3.8, 4) is 0 Å². The Morgan fingerprint density at radius 3 is 2.40 bits per heavy atom. The minimum absolute atomic E-state index is 0.163. The first-order chi connectivity index (χ1) is 6.93. The summed E-state index contributed by atoms with van der Waals surface area (Å²) in [6, 6.07) is 0.487. The molecule has 2 rings (SSSR count). The fourth-order valence-corrected chi connectivity index (χ4v) is 2.37. The summed E-state index contributed by atoms with van der Waals surface area (Å²) >= 11 is 0. The van der Waals surface area contributed by atoms with E-state index >= 15 is 0 Å². The van der Waals surface area contributed by atoms with Gasteiger partial charge in [-0.15, -0.1) is 0 Å². The van der Waals surface area contributed by atoms with Gasteiger partial charge in [0.2, 0.25) is 5.91 Å². The quantitative estimate of drug-likeness (QED) is 0.708. The smallest absolute Gasteiger partial charge is 0.224 e. The summed E-state index contributed by atoms with van der Waals surface area (Å²) in [5.41, 5.74) is 1.48. The zero-order chi connectivity index (χ0) is 11.2. The topological polar surface area (TPSA) is 29.1 Å². The predicted molar refractivity (Wildman–Crippen MR) is 61.4 cm³/mol. The van der Waals surface area contributed by atoms with E-state index < -0.39 is 0 Å². The van der Waals surface area contributed by atoms with Gasteiger partial charge < -0.3 is 5.32 Å². The van der Waals surface area contributed by atoms with E-state index in [-0.39, 0.29) is 17.2 Å². The molecule has 2 saturated carbocycles. The van der Waals surface area contributed by atoms with Crippen LogP contribution in [0.1, 0.15) is 40.5 Å². The van der Waals surface area contributed by atoms with Crippen LogP contribution >= 0.6 is 0 Å². The van der Waals surface area contributed by atoms with Crippen LogP contribution in [0, 0.1) is 17.3 Å². The minimum atomic E-state index is 0.163. The van der Waals surface area contributed by atoms with Crippen molar-refractivity contribution in [2.75, 3.05) is 0 Å². The van der Waals surface area contributed by atoms with E-state index in [4.69, 9.17) is 0 Å². The summed E-state index contributed by atoms with van der Waals surface area (Å²) in [6.45, 7) is 8.58. The van der Waals surface area contributed by atoms with Crippen LogP contribution in [-0.4, -0.2) is 11.9 Å². The molecule has 0 heterocycles. The molecule has 0 aromatic carbocycles. The maximum Gasteiger partial charge on any atom is 0.224 e. The fourth-order valence-electron chi connectivity index (χ4n) is 2.37. The molecule has 2 aliphatic carbocycles. The van der Waals surface area contributed by atoms with Crippen molar-refractivity contribution >= 4 is 5.91 Å². The molecule has 0 radical (unpaired) electrons. The number of hydrogen-bond acceptors (Lipinski definition) is 1. The van der Waals surface area contributed by atoms with Crippen molar-refractivity contribution in [3.63, 3.8) is 0 Å². The van der Waals surface area contributed by atoms with E-state index in [9.17, 15) is 4.79 Å². The lowest BCUT2D eigenvalue weighted by molar-refractivity contribution is -0.123. The molecule has 2 atom stereocenters. The van der Waals surface area contributed by atoms with Gasteiger partial charge in [0.1, 0.15) is 0 Å². The predicted octanol–water partition coefficient (Wildman–Crippen LogP) is 2.50. The van der Waals surface area contributed by atoms with E-state index in [0.717, 1.165) is 0 Å². The Kier molecular flexibility index (Phi) is 2.40. The van der Waals surface area contributed by atoms with Gasteiger partial charge in [-0.25, -0.2) is 0 Å². The summed E-state index contributed by atoms with van der Waals surface area (Å²) in [7, 11) is 0. The summed E-state index contributed by atoms with van der Waals surface area (Å²) in [6.07, 6.45) is 4.59. The number of amides is 1. The number of carbonyl (C=O) groups is 1. The van der Waals surface area contributed by atoms with Crippen LogP contribution in [-0.2, 0) is 4.79 Å². The Morgan fingerprint density at radius 1 is 1.33 bits per heavy atom. The molecule has 2 unspecified atom stereocenters. The van der Waals surface area contributed by atoms with Crippen molar-refractivity contribution in [2.45, 2.75) is 46.6 Å². The number of carbonyl (C=O) groups excluding carboxylic acids is 1. The van der Waals surface area contributed by atoms with Crippen LogP contribution in [0.5, 0.6) is 0 Å². The maximum atomic E-state index is 11.9. The van der Waals surface area contributed by atoms with E-state index in [2.05, 4.69) is 39.1 Å². The molecule has 1 N–H and O–H groups in total. The van der Waals surface area contributed by atoms with Crippen molar-refractivity contribution in [1.29, 1.82) is 0 Å².